The molecular formula is C60H42N4. The van der Waals surface area contributed by atoms with Gasteiger partial charge in [0.2, 0.25) is 0 Å². The van der Waals surface area contributed by atoms with E-state index in [0.29, 0.717) is 0 Å². The molecule has 2 aromatic heterocycles. The molecule has 4 heteroatoms. The second-order valence-electron chi connectivity index (χ2n) is 15.9. The summed E-state index contributed by atoms with van der Waals surface area (Å²) in [6, 6.07) is 82.6. The second kappa shape index (κ2) is 17.0. The third-order valence-electron chi connectivity index (χ3n) is 12.0. The Labute approximate surface area is 373 Å². The number of para-hydroxylation sites is 4. The molecule has 0 unspecified atom stereocenters. The minimum absolute atomic E-state index is 1.09. The van der Waals surface area contributed by atoms with Gasteiger partial charge in [-0.25, -0.2) is 0 Å². The molecule has 11 aromatic rings. The second-order valence-corrected chi connectivity index (χ2v) is 15.9. The lowest BCUT2D eigenvalue weighted by atomic mass is 9.87. The van der Waals surface area contributed by atoms with Crippen LogP contribution in [-0.2, 0) is 0 Å². The van der Waals surface area contributed by atoms with Crippen LogP contribution in [0, 0.1) is 0 Å². The maximum absolute atomic E-state index is 4.37. The number of benzene rings is 9. The minimum atomic E-state index is 1.09. The Kier molecular flexibility index (Phi) is 10.2. The van der Waals surface area contributed by atoms with Crippen LogP contribution in [0.5, 0.6) is 0 Å². The van der Waals surface area contributed by atoms with Crippen molar-refractivity contribution in [2.24, 2.45) is 0 Å². The molecule has 0 bridgehead atoms. The first kappa shape index (κ1) is 38.3. The number of hydrogen-bond acceptors (Lipinski definition) is 4. The monoisotopic (exact) mass is 818 g/mol. The predicted octanol–water partition coefficient (Wildman–Crippen LogP) is 16.4. The molecule has 0 saturated carbocycles. The van der Waals surface area contributed by atoms with Crippen LogP contribution in [-0.4, -0.2) is 9.97 Å². The van der Waals surface area contributed by atoms with Crippen molar-refractivity contribution in [3.05, 3.63) is 255 Å². The van der Waals surface area contributed by atoms with E-state index < -0.39 is 0 Å². The van der Waals surface area contributed by atoms with Gasteiger partial charge < -0.3 is 9.80 Å². The highest BCUT2D eigenvalue weighted by Gasteiger charge is 2.18. The maximum atomic E-state index is 4.37. The van der Waals surface area contributed by atoms with Crippen molar-refractivity contribution in [2.75, 3.05) is 9.80 Å². The molecule has 0 amide bonds. The van der Waals surface area contributed by atoms with Crippen molar-refractivity contribution in [1.82, 2.24) is 9.97 Å². The summed E-state index contributed by atoms with van der Waals surface area (Å²) in [6.07, 6.45) is 7.50. The molecule has 0 saturated heterocycles. The average Bonchev–Trinajstić information content (AvgIpc) is 3.38. The highest BCUT2D eigenvalue weighted by molar-refractivity contribution is 6.18. The first-order valence-electron chi connectivity index (χ1n) is 21.6. The topological polar surface area (TPSA) is 32.3 Å². The van der Waals surface area contributed by atoms with E-state index in [1.165, 1.54) is 32.7 Å². The Morgan fingerprint density at radius 2 is 0.516 bits per heavy atom. The molecule has 0 radical (unpaired) electrons. The van der Waals surface area contributed by atoms with Gasteiger partial charge in [0.1, 0.15) is 0 Å². The lowest BCUT2D eigenvalue weighted by Gasteiger charge is -2.25. The molecule has 64 heavy (non-hydrogen) atoms. The zero-order chi connectivity index (χ0) is 42.7. The van der Waals surface area contributed by atoms with Crippen molar-refractivity contribution in [3.8, 4) is 44.5 Å². The number of hydrogen-bond donors (Lipinski definition) is 0. The molecule has 0 N–H and O–H groups in total. The zero-order valence-corrected chi connectivity index (χ0v) is 35.0. The SMILES string of the molecule is c1ccc(N(c2ccccc2)c2ccc(-c3cc(-c4ccncc4)cc4c3ccc3c(-c5ccc(N(c6ccccc6)c6ccccc6)cc5)cc(-c5ccncc5)cc34)cc2)cc1. The van der Waals surface area contributed by atoms with Crippen LogP contribution in [0.3, 0.4) is 0 Å². The minimum Gasteiger partial charge on any atom is -0.311 e. The number of rotatable bonds is 10. The summed E-state index contributed by atoms with van der Waals surface area (Å²) in [4.78, 5) is 13.3. The number of pyridine rings is 2. The summed E-state index contributed by atoms with van der Waals surface area (Å²) in [5, 5.41) is 4.76. The summed E-state index contributed by atoms with van der Waals surface area (Å²) >= 11 is 0. The van der Waals surface area contributed by atoms with Gasteiger partial charge in [0.25, 0.3) is 0 Å². The summed E-state index contributed by atoms with van der Waals surface area (Å²) in [5.41, 5.74) is 15.8. The molecule has 9 aromatic carbocycles. The zero-order valence-electron chi connectivity index (χ0n) is 35.0. The van der Waals surface area contributed by atoms with Crippen LogP contribution >= 0.6 is 0 Å². The van der Waals surface area contributed by atoms with Crippen LogP contribution in [0.4, 0.5) is 34.1 Å². The van der Waals surface area contributed by atoms with Crippen molar-refractivity contribution >= 4 is 55.7 Å². The van der Waals surface area contributed by atoms with Gasteiger partial charge in [0.15, 0.2) is 0 Å². The standard InChI is InChI=1S/C60H42N4/c1-5-13-49(14-6-1)63(50-15-7-2-8-16-50)53-25-21-45(22-26-53)57-39-47(43-31-35-61-36-32-43)41-59-55(57)29-30-56-58(40-48(42-60(56)59)44-33-37-62-38-34-44)46-23-27-54(28-24-46)64(51-17-9-3-10-18-51)52-19-11-4-12-20-52/h1-42H. The van der Waals surface area contributed by atoms with E-state index in [9.17, 15) is 0 Å². The first-order chi connectivity index (χ1) is 31.7. The van der Waals surface area contributed by atoms with Crippen molar-refractivity contribution in [2.45, 2.75) is 0 Å². The van der Waals surface area contributed by atoms with Gasteiger partial charge in [0, 0.05) is 58.9 Å². The van der Waals surface area contributed by atoms with Gasteiger partial charge >= 0.3 is 0 Å². The quantitative estimate of drug-likeness (QED) is 0.129. The molecule has 302 valence electrons. The average molecular weight is 819 g/mol. The molecule has 11 rings (SSSR count). The van der Waals surface area contributed by atoms with Crippen molar-refractivity contribution in [1.29, 1.82) is 0 Å². The van der Waals surface area contributed by atoms with E-state index in [2.05, 4.69) is 250 Å². The van der Waals surface area contributed by atoms with E-state index in [-0.39, 0.29) is 0 Å². The van der Waals surface area contributed by atoms with E-state index in [4.69, 9.17) is 0 Å². The molecule has 2 heterocycles. The highest BCUT2D eigenvalue weighted by atomic mass is 15.1. The van der Waals surface area contributed by atoms with Crippen LogP contribution in [0.15, 0.2) is 255 Å². The Balaban J connectivity index is 1.09. The molecule has 0 aliphatic rings. The third-order valence-corrected chi connectivity index (χ3v) is 12.0. The molecule has 0 aliphatic heterocycles. The predicted molar refractivity (Wildman–Crippen MR) is 268 cm³/mol. The fraction of sp³-hybridized carbons (Fsp3) is 0. The maximum Gasteiger partial charge on any atom is 0.0462 e. The molecule has 4 nitrogen and oxygen atoms in total. The first-order valence-corrected chi connectivity index (χ1v) is 21.6. The Morgan fingerprint density at radius 3 is 0.828 bits per heavy atom. The highest BCUT2D eigenvalue weighted by Crippen LogP contribution is 2.44. The molecule has 0 fully saturated rings. The smallest absolute Gasteiger partial charge is 0.0462 e. The third kappa shape index (κ3) is 7.44. The number of fused-ring (bicyclic) bond motifs is 3. The Bertz CT molecular complexity index is 3020. The molecular weight excluding hydrogens is 777 g/mol. The van der Waals surface area contributed by atoms with E-state index in [0.717, 1.165) is 67.5 Å². The number of aromatic nitrogens is 2. The Hall–Kier alpha value is -8.60. The summed E-state index contributed by atoms with van der Waals surface area (Å²) in [7, 11) is 0. The molecule has 0 spiro atoms. The van der Waals surface area contributed by atoms with E-state index >= 15 is 0 Å². The molecule has 0 aliphatic carbocycles. The van der Waals surface area contributed by atoms with Crippen LogP contribution < -0.4 is 9.80 Å². The normalized spacial score (nSPS) is 11.1. The molecule has 0 atom stereocenters. The van der Waals surface area contributed by atoms with E-state index in [1.807, 2.05) is 24.8 Å². The van der Waals surface area contributed by atoms with Gasteiger partial charge in [0.05, 0.1) is 0 Å². The lowest BCUT2D eigenvalue weighted by Crippen LogP contribution is -2.09. The van der Waals surface area contributed by atoms with Crippen molar-refractivity contribution in [3.63, 3.8) is 0 Å². The van der Waals surface area contributed by atoms with Crippen LogP contribution in [0.2, 0.25) is 0 Å². The van der Waals surface area contributed by atoms with Crippen LogP contribution in [0.1, 0.15) is 0 Å². The van der Waals surface area contributed by atoms with Gasteiger partial charge in [-0.2, -0.15) is 0 Å². The van der Waals surface area contributed by atoms with Gasteiger partial charge in [-0.3, -0.25) is 9.97 Å². The fourth-order valence-corrected chi connectivity index (χ4v) is 8.96. The largest absolute Gasteiger partial charge is 0.311 e. The number of nitrogens with zero attached hydrogens (tertiary/aromatic N) is 4. The summed E-state index contributed by atoms with van der Waals surface area (Å²) in [6.45, 7) is 0. The van der Waals surface area contributed by atoms with E-state index in [1.54, 1.807) is 0 Å². The van der Waals surface area contributed by atoms with Gasteiger partial charge in [-0.15, -0.1) is 0 Å². The lowest BCUT2D eigenvalue weighted by molar-refractivity contribution is 1.28. The van der Waals surface area contributed by atoms with Crippen molar-refractivity contribution < 1.29 is 0 Å². The number of anilines is 6. The van der Waals surface area contributed by atoms with Crippen LogP contribution in [0.25, 0.3) is 66.1 Å². The Morgan fingerprint density at radius 1 is 0.219 bits per heavy atom. The fourth-order valence-electron chi connectivity index (χ4n) is 8.96. The van der Waals surface area contributed by atoms with Gasteiger partial charge in [-0.1, -0.05) is 109 Å². The summed E-state index contributed by atoms with van der Waals surface area (Å²) in [5.74, 6) is 0. The van der Waals surface area contributed by atoms with Gasteiger partial charge in [-0.05, 0) is 187 Å². The summed E-state index contributed by atoms with van der Waals surface area (Å²) < 4.78 is 0.